The Balaban J connectivity index is 1.76. The highest BCUT2D eigenvalue weighted by Gasteiger charge is 1.96. The maximum absolute atomic E-state index is 3.93. The van der Waals surface area contributed by atoms with Crippen LogP contribution in [0.25, 0.3) is 0 Å². The Morgan fingerprint density at radius 3 is 3.23 bits per heavy atom. The fraction of sp³-hybridized carbons (Fsp3) is 0.286. The molecule has 5 nitrogen and oxygen atoms in total. The van der Waals surface area contributed by atoms with Crippen LogP contribution in [0.2, 0.25) is 0 Å². The van der Waals surface area contributed by atoms with E-state index in [-0.39, 0.29) is 0 Å². The molecule has 0 saturated heterocycles. The normalized spacial score (nSPS) is 10.2. The number of aromatic amines is 1. The first kappa shape index (κ1) is 8.18. The molecule has 0 aliphatic heterocycles. The third-order valence-corrected chi connectivity index (χ3v) is 2.23. The van der Waals surface area contributed by atoms with Crippen LogP contribution in [0.15, 0.2) is 18.0 Å². The van der Waals surface area contributed by atoms with Crippen molar-refractivity contribution in [1.29, 1.82) is 0 Å². The zero-order valence-electron chi connectivity index (χ0n) is 6.90. The molecule has 0 saturated carbocycles. The SMILES string of the molecule is c1ncc(CCNc2nncs2)[nH]1. The third kappa shape index (κ3) is 2.25. The number of nitrogens with one attached hydrogen (secondary N) is 2. The summed E-state index contributed by atoms with van der Waals surface area (Å²) in [6.07, 6.45) is 4.42. The molecule has 0 amide bonds. The summed E-state index contributed by atoms with van der Waals surface area (Å²) in [6, 6.07) is 0. The molecule has 0 aromatic carbocycles. The summed E-state index contributed by atoms with van der Waals surface area (Å²) in [5, 5.41) is 11.6. The van der Waals surface area contributed by atoms with Crippen molar-refractivity contribution in [3.8, 4) is 0 Å². The topological polar surface area (TPSA) is 66.5 Å². The average molecular weight is 195 g/mol. The summed E-state index contributed by atoms with van der Waals surface area (Å²) in [5.41, 5.74) is 2.83. The Hall–Kier alpha value is -1.43. The number of anilines is 1. The van der Waals surface area contributed by atoms with Gasteiger partial charge in [-0.2, -0.15) is 0 Å². The molecule has 2 heterocycles. The van der Waals surface area contributed by atoms with Crippen molar-refractivity contribution in [2.24, 2.45) is 0 Å². The molecule has 0 atom stereocenters. The minimum atomic E-state index is 0.845. The molecule has 68 valence electrons. The molecule has 13 heavy (non-hydrogen) atoms. The van der Waals surface area contributed by atoms with Gasteiger partial charge >= 0.3 is 0 Å². The van der Waals surface area contributed by atoms with Gasteiger partial charge in [-0.1, -0.05) is 11.3 Å². The lowest BCUT2D eigenvalue weighted by molar-refractivity contribution is 0.963. The highest BCUT2D eigenvalue weighted by molar-refractivity contribution is 7.13. The fourth-order valence-corrected chi connectivity index (χ4v) is 1.45. The Morgan fingerprint density at radius 2 is 2.54 bits per heavy atom. The van der Waals surface area contributed by atoms with Crippen molar-refractivity contribution in [1.82, 2.24) is 20.2 Å². The van der Waals surface area contributed by atoms with Crippen LogP contribution in [0.5, 0.6) is 0 Å². The van der Waals surface area contributed by atoms with Crippen molar-refractivity contribution in [3.63, 3.8) is 0 Å². The molecule has 0 aliphatic rings. The van der Waals surface area contributed by atoms with E-state index < -0.39 is 0 Å². The second-order valence-corrected chi connectivity index (χ2v) is 3.33. The number of rotatable bonds is 4. The van der Waals surface area contributed by atoms with Crippen LogP contribution >= 0.6 is 11.3 Å². The van der Waals surface area contributed by atoms with Gasteiger partial charge in [-0.05, 0) is 0 Å². The van der Waals surface area contributed by atoms with Crippen LogP contribution in [0.3, 0.4) is 0 Å². The van der Waals surface area contributed by atoms with Crippen LogP contribution in [0.1, 0.15) is 5.69 Å². The Bertz CT molecular complexity index is 293. The fourth-order valence-electron chi connectivity index (χ4n) is 0.976. The van der Waals surface area contributed by atoms with Crippen LogP contribution in [-0.4, -0.2) is 26.7 Å². The largest absolute Gasteiger partial charge is 0.360 e. The predicted octanol–water partition coefficient (Wildman–Crippen LogP) is 0.916. The van der Waals surface area contributed by atoms with Crippen LogP contribution in [0.4, 0.5) is 5.13 Å². The van der Waals surface area contributed by atoms with Gasteiger partial charge in [-0.3, -0.25) is 0 Å². The summed E-state index contributed by atoms with van der Waals surface area (Å²) in [5.74, 6) is 0. The van der Waals surface area contributed by atoms with Gasteiger partial charge in [0.05, 0.1) is 6.33 Å². The summed E-state index contributed by atoms with van der Waals surface area (Å²) in [4.78, 5) is 6.96. The monoisotopic (exact) mass is 195 g/mol. The minimum absolute atomic E-state index is 0.845. The van der Waals surface area contributed by atoms with Crippen molar-refractivity contribution >= 4 is 16.5 Å². The standard InChI is InChI=1S/C7H9N5S/c1(6-3-8-4-10-6)2-9-7-12-11-5-13-7/h3-5H,1-2H2,(H,8,10)(H,9,12). The lowest BCUT2D eigenvalue weighted by Gasteiger charge is -1.98. The lowest BCUT2D eigenvalue weighted by atomic mass is 10.3. The van der Waals surface area contributed by atoms with E-state index in [4.69, 9.17) is 0 Å². The average Bonchev–Trinajstić information content (AvgIpc) is 2.75. The van der Waals surface area contributed by atoms with Gasteiger partial charge in [0.1, 0.15) is 5.51 Å². The first-order valence-corrected chi connectivity index (χ1v) is 4.80. The number of imidazole rings is 1. The van der Waals surface area contributed by atoms with Crippen molar-refractivity contribution in [3.05, 3.63) is 23.7 Å². The predicted molar refractivity (Wildman–Crippen MR) is 50.7 cm³/mol. The zero-order valence-corrected chi connectivity index (χ0v) is 7.71. The van der Waals surface area contributed by atoms with Gasteiger partial charge in [-0.25, -0.2) is 4.98 Å². The molecule has 0 radical (unpaired) electrons. The number of H-pyrrole nitrogens is 1. The van der Waals surface area contributed by atoms with Gasteiger partial charge in [0, 0.05) is 24.9 Å². The summed E-state index contributed by atoms with van der Waals surface area (Å²) in [6.45, 7) is 0.845. The van der Waals surface area contributed by atoms with E-state index in [0.29, 0.717) is 0 Å². The van der Waals surface area contributed by atoms with Crippen molar-refractivity contribution in [2.45, 2.75) is 6.42 Å². The molecule has 2 aromatic heterocycles. The van der Waals surface area contributed by atoms with Crippen LogP contribution in [-0.2, 0) is 6.42 Å². The number of hydrogen-bond acceptors (Lipinski definition) is 5. The van der Waals surface area contributed by atoms with E-state index in [1.54, 1.807) is 11.8 Å². The molecule has 0 aliphatic carbocycles. The van der Waals surface area contributed by atoms with E-state index in [0.717, 1.165) is 23.8 Å². The highest BCUT2D eigenvalue weighted by Crippen LogP contribution is 2.07. The first-order valence-electron chi connectivity index (χ1n) is 3.92. The van der Waals surface area contributed by atoms with E-state index in [2.05, 4.69) is 25.5 Å². The van der Waals surface area contributed by atoms with Gasteiger partial charge < -0.3 is 10.3 Å². The number of aromatic nitrogens is 4. The van der Waals surface area contributed by atoms with Gasteiger partial charge in [-0.15, -0.1) is 10.2 Å². The first-order chi connectivity index (χ1) is 6.45. The van der Waals surface area contributed by atoms with Crippen LogP contribution < -0.4 is 5.32 Å². The molecule has 0 unspecified atom stereocenters. The second-order valence-electron chi connectivity index (χ2n) is 2.50. The molecule has 2 N–H and O–H groups in total. The van der Waals surface area contributed by atoms with Crippen molar-refractivity contribution in [2.75, 3.05) is 11.9 Å². The van der Waals surface area contributed by atoms with E-state index in [1.807, 2.05) is 6.20 Å². The lowest BCUT2D eigenvalue weighted by Crippen LogP contribution is -2.04. The molecule has 0 spiro atoms. The summed E-state index contributed by atoms with van der Waals surface area (Å²) >= 11 is 1.50. The maximum Gasteiger partial charge on any atom is 0.205 e. The molecule has 0 fully saturated rings. The van der Waals surface area contributed by atoms with Gasteiger partial charge in [0.2, 0.25) is 5.13 Å². The molecular formula is C7H9N5S. The molecule has 0 bridgehead atoms. The molecular weight excluding hydrogens is 186 g/mol. The Kier molecular flexibility index (Phi) is 2.51. The third-order valence-electron chi connectivity index (χ3n) is 1.59. The summed E-state index contributed by atoms with van der Waals surface area (Å²) < 4.78 is 0. The highest BCUT2D eigenvalue weighted by atomic mass is 32.1. The quantitative estimate of drug-likeness (QED) is 0.761. The van der Waals surface area contributed by atoms with Gasteiger partial charge in [0.15, 0.2) is 0 Å². The smallest absolute Gasteiger partial charge is 0.205 e. The van der Waals surface area contributed by atoms with Crippen LogP contribution in [0, 0.1) is 0 Å². The Labute approximate surface area is 79.2 Å². The van der Waals surface area contributed by atoms with E-state index in [9.17, 15) is 0 Å². The number of hydrogen-bond donors (Lipinski definition) is 2. The molecule has 2 aromatic rings. The van der Waals surface area contributed by atoms with E-state index >= 15 is 0 Å². The summed E-state index contributed by atoms with van der Waals surface area (Å²) in [7, 11) is 0. The van der Waals surface area contributed by atoms with Gasteiger partial charge in [0.25, 0.3) is 0 Å². The Morgan fingerprint density at radius 1 is 1.54 bits per heavy atom. The minimum Gasteiger partial charge on any atom is -0.360 e. The zero-order chi connectivity index (χ0) is 8.93. The van der Waals surface area contributed by atoms with Crippen molar-refractivity contribution < 1.29 is 0 Å². The molecule has 2 rings (SSSR count). The second kappa shape index (κ2) is 3.99. The number of nitrogens with zero attached hydrogens (tertiary/aromatic N) is 3. The maximum atomic E-state index is 3.93. The molecule has 6 heteroatoms. The van der Waals surface area contributed by atoms with E-state index in [1.165, 1.54) is 11.3 Å².